The van der Waals surface area contributed by atoms with Crippen molar-refractivity contribution in [1.82, 2.24) is 25.5 Å². The van der Waals surface area contributed by atoms with Crippen LogP contribution in [0.1, 0.15) is 18.5 Å². The zero-order chi connectivity index (χ0) is 19.1. The molecule has 1 aromatic heterocycles. The summed E-state index contributed by atoms with van der Waals surface area (Å²) in [7, 11) is 0. The van der Waals surface area contributed by atoms with E-state index >= 15 is 0 Å². The van der Waals surface area contributed by atoms with Gasteiger partial charge in [0.15, 0.2) is 0 Å². The topological polar surface area (TPSA) is 90.5 Å². The summed E-state index contributed by atoms with van der Waals surface area (Å²) in [6.45, 7) is 5.03. The molecule has 1 aliphatic heterocycles. The van der Waals surface area contributed by atoms with Crippen LogP contribution < -0.4 is 15.5 Å². The summed E-state index contributed by atoms with van der Waals surface area (Å²) in [5.41, 5.74) is 0.865. The minimum atomic E-state index is -0.521. The number of anilines is 1. The fourth-order valence-corrected chi connectivity index (χ4v) is 3.18. The van der Waals surface area contributed by atoms with Crippen molar-refractivity contribution < 1.29 is 9.59 Å². The molecule has 0 radical (unpaired) electrons. The van der Waals surface area contributed by atoms with Gasteiger partial charge in [0.2, 0.25) is 11.9 Å². The third-order valence-corrected chi connectivity index (χ3v) is 4.45. The van der Waals surface area contributed by atoms with Gasteiger partial charge in [-0.2, -0.15) is 0 Å². The number of amides is 3. The van der Waals surface area contributed by atoms with Crippen molar-refractivity contribution in [3.05, 3.63) is 54.4 Å². The van der Waals surface area contributed by atoms with E-state index < -0.39 is 12.1 Å². The second-order valence-electron chi connectivity index (χ2n) is 6.23. The Morgan fingerprint density at radius 3 is 2.33 bits per heavy atom. The maximum atomic E-state index is 12.8. The second kappa shape index (κ2) is 9.09. The summed E-state index contributed by atoms with van der Waals surface area (Å²) in [5.74, 6) is 0.372. The average Bonchev–Trinajstić information content (AvgIpc) is 2.70. The zero-order valence-electron chi connectivity index (χ0n) is 15.3. The smallest absolute Gasteiger partial charge is 0.321 e. The Kier molecular flexibility index (Phi) is 6.32. The molecular formula is C19H24N6O2. The van der Waals surface area contributed by atoms with Crippen molar-refractivity contribution in [1.29, 1.82) is 0 Å². The number of hydrogen-bond acceptors (Lipinski definition) is 6. The lowest BCUT2D eigenvalue weighted by atomic mass is 10.0. The normalized spacial score (nSPS) is 15.8. The summed E-state index contributed by atoms with van der Waals surface area (Å²) >= 11 is 0. The van der Waals surface area contributed by atoms with Gasteiger partial charge in [-0.25, -0.2) is 14.8 Å². The predicted molar refractivity (Wildman–Crippen MR) is 102 cm³/mol. The van der Waals surface area contributed by atoms with Gasteiger partial charge < -0.3 is 10.2 Å². The lowest BCUT2D eigenvalue weighted by molar-refractivity contribution is -0.125. The van der Waals surface area contributed by atoms with E-state index in [-0.39, 0.29) is 5.91 Å². The second-order valence-corrected chi connectivity index (χ2v) is 6.23. The van der Waals surface area contributed by atoms with Crippen LogP contribution >= 0.6 is 0 Å². The summed E-state index contributed by atoms with van der Waals surface area (Å²) in [6.07, 6.45) is 3.45. The van der Waals surface area contributed by atoms with Gasteiger partial charge in [-0.3, -0.25) is 15.0 Å². The first-order valence-electron chi connectivity index (χ1n) is 9.08. The Labute approximate surface area is 158 Å². The highest BCUT2D eigenvalue weighted by molar-refractivity contribution is 5.97. The molecule has 1 atom stereocenters. The third-order valence-electron chi connectivity index (χ3n) is 4.45. The first-order chi connectivity index (χ1) is 13.2. The molecule has 8 heteroatoms. The molecule has 3 rings (SSSR count). The molecule has 2 heterocycles. The van der Waals surface area contributed by atoms with Crippen LogP contribution in [0.5, 0.6) is 0 Å². The number of urea groups is 1. The lowest BCUT2D eigenvalue weighted by Crippen LogP contribution is -2.53. The number of imide groups is 1. The summed E-state index contributed by atoms with van der Waals surface area (Å²) in [4.78, 5) is 37.4. The number of nitrogens with zero attached hydrogens (tertiary/aromatic N) is 4. The van der Waals surface area contributed by atoms with Crippen LogP contribution in [0, 0.1) is 0 Å². The van der Waals surface area contributed by atoms with Gasteiger partial charge in [0.25, 0.3) is 0 Å². The fraction of sp³-hybridized carbons (Fsp3) is 0.368. The van der Waals surface area contributed by atoms with Gasteiger partial charge in [0, 0.05) is 45.1 Å². The molecule has 1 saturated heterocycles. The van der Waals surface area contributed by atoms with Gasteiger partial charge in [-0.05, 0) is 18.6 Å². The van der Waals surface area contributed by atoms with E-state index in [1.54, 1.807) is 18.5 Å². The lowest BCUT2D eigenvalue weighted by Gasteiger charge is -2.38. The molecule has 1 fully saturated rings. The van der Waals surface area contributed by atoms with Gasteiger partial charge in [-0.1, -0.05) is 30.3 Å². The number of benzene rings is 1. The molecule has 27 heavy (non-hydrogen) atoms. The molecule has 2 N–H and O–H groups in total. The highest BCUT2D eigenvalue weighted by Crippen LogP contribution is 2.23. The largest absolute Gasteiger partial charge is 0.338 e. The molecule has 1 aromatic carbocycles. The summed E-state index contributed by atoms with van der Waals surface area (Å²) in [6, 6.07) is 10.3. The molecule has 0 spiro atoms. The van der Waals surface area contributed by atoms with Gasteiger partial charge in [0.1, 0.15) is 6.04 Å². The number of carbonyl (C=O) groups is 2. The van der Waals surface area contributed by atoms with Crippen molar-refractivity contribution in [2.75, 3.05) is 37.6 Å². The number of nitrogens with one attached hydrogen (secondary N) is 2. The van der Waals surface area contributed by atoms with Crippen LogP contribution in [0.4, 0.5) is 10.7 Å². The summed E-state index contributed by atoms with van der Waals surface area (Å²) in [5, 5.41) is 5.05. The van der Waals surface area contributed by atoms with E-state index in [4.69, 9.17) is 0 Å². The Morgan fingerprint density at radius 1 is 1.04 bits per heavy atom. The number of aromatic nitrogens is 2. The van der Waals surface area contributed by atoms with E-state index in [2.05, 4.69) is 30.4 Å². The first kappa shape index (κ1) is 18.8. The molecule has 8 nitrogen and oxygen atoms in total. The van der Waals surface area contributed by atoms with Crippen molar-refractivity contribution in [2.45, 2.75) is 13.0 Å². The van der Waals surface area contributed by atoms with E-state index in [1.807, 2.05) is 37.3 Å². The maximum absolute atomic E-state index is 12.8. The van der Waals surface area contributed by atoms with Crippen molar-refractivity contribution in [2.24, 2.45) is 0 Å². The SMILES string of the molecule is CCNC(=O)NC(=O)[C@@H](c1ccccc1)N1CCN(c2ncccn2)CC1. The Hall–Kier alpha value is -3.00. The molecule has 0 saturated carbocycles. The first-order valence-corrected chi connectivity index (χ1v) is 9.08. The van der Waals surface area contributed by atoms with Crippen molar-refractivity contribution in [3.8, 4) is 0 Å². The minimum Gasteiger partial charge on any atom is -0.338 e. The predicted octanol–water partition coefficient (Wildman–Crippen LogP) is 1.19. The molecule has 1 aliphatic rings. The van der Waals surface area contributed by atoms with Crippen LogP contribution in [-0.2, 0) is 4.79 Å². The molecule has 0 unspecified atom stereocenters. The monoisotopic (exact) mass is 368 g/mol. The number of rotatable bonds is 5. The van der Waals surface area contributed by atoms with E-state index in [0.717, 1.165) is 5.56 Å². The van der Waals surface area contributed by atoms with Crippen molar-refractivity contribution >= 4 is 17.9 Å². The van der Waals surface area contributed by atoms with Crippen LogP contribution in [0.3, 0.4) is 0 Å². The van der Waals surface area contributed by atoms with Gasteiger partial charge >= 0.3 is 6.03 Å². The van der Waals surface area contributed by atoms with Crippen LogP contribution in [0.2, 0.25) is 0 Å². The number of carbonyl (C=O) groups excluding carboxylic acids is 2. The number of piperazine rings is 1. The fourth-order valence-electron chi connectivity index (χ4n) is 3.18. The Morgan fingerprint density at radius 2 is 1.70 bits per heavy atom. The third kappa shape index (κ3) is 4.79. The summed E-state index contributed by atoms with van der Waals surface area (Å²) < 4.78 is 0. The van der Waals surface area contributed by atoms with Gasteiger partial charge in [0.05, 0.1) is 0 Å². The van der Waals surface area contributed by atoms with E-state index in [9.17, 15) is 9.59 Å². The molecular weight excluding hydrogens is 344 g/mol. The minimum absolute atomic E-state index is 0.323. The highest BCUT2D eigenvalue weighted by Gasteiger charge is 2.31. The zero-order valence-corrected chi connectivity index (χ0v) is 15.3. The molecule has 2 aromatic rings. The number of hydrogen-bond donors (Lipinski definition) is 2. The van der Waals surface area contributed by atoms with Crippen molar-refractivity contribution in [3.63, 3.8) is 0 Å². The van der Waals surface area contributed by atoms with E-state index in [1.165, 1.54) is 0 Å². The van der Waals surface area contributed by atoms with Gasteiger partial charge in [-0.15, -0.1) is 0 Å². The molecule has 3 amide bonds. The average molecular weight is 368 g/mol. The standard InChI is InChI=1S/C19H24N6O2/c1-2-20-19(27)23-17(26)16(15-7-4-3-5-8-15)24-11-13-25(14-12-24)18-21-9-6-10-22-18/h3-10,16H,2,11-14H2,1H3,(H2,20,23,26,27)/t16-/m1/s1. The van der Waals surface area contributed by atoms with Crippen LogP contribution in [0.15, 0.2) is 48.8 Å². The quantitative estimate of drug-likeness (QED) is 0.824. The van der Waals surface area contributed by atoms with E-state index in [0.29, 0.717) is 38.7 Å². The maximum Gasteiger partial charge on any atom is 0.321 e. The highest BCUT2D eigenvalue weighted by atomic mass is 16.2. The molecule has 142 valence electrons. The van der Waals surface area contributed by atoms with Crippen LogP contribution in [0.25, 0.3) is 0 Å². The molecule has 0 aliphatic carbocycles. The Balaban J connectivity index is 1.72. The molecule has 0 bridgehead atoms. The Bertz CT molecular complexity index is 747. The van der Waals surface area contributed by atoms with Crippen LogP contribution in [-0.4, -0.2) is 59.5 Å².